The zero-order valence-corrected chi connectivity index (χ0v) is 21.5. The minimum absolute atomic E-state index is 0.0792. The van der Waals surface area contributed by atoms with Crippen molar-refractivity contribution in [2.75, 3.05) is 29.3 Å². The van der Waals surface area contributed by atoms with Gasteiger partial charge in [-0.3, -0.25) is 19.7 Å². The second-order valence-electron chi connectivity index (χ2n) is 7.64. The van der Waals surface area contributed by atoms with E-state index in [-0.39, 0.29) is 22.5 Å². The van der Waals surface area contributed by atoms with Crippen molar-refractivity contribution in [2.24, 2.45) is 0 Å². The summed E-state index contributed by atoms with van der Waals surface area (Å²) >= 11 is 7.21. The Morgan fingerprint density at radius 2 is 1.73 bits per heavy atom. The van der Waals surface area contributed by atoms with Gasteiger partial charge in [-0.2, -0.15) is 0 Å². The number of nitrogens with zero attached hydrogens (tertiary/aromatic N) is 2. The number of halogens is 1. The third-order valence-electron chi connectivity index (χ3n) is 5.25. The zero-order chi connectivity index (χ0) is 26.7. The van der Waals surface area contributed by atoms with Crippen molar-refractivity contribution in [1.82, 2.24) is 4.98 Å². The summed E-state index contributed by atoms with van der Waals surface area (Å²) in [6, 6.07) is 12.6. The maximum absolute atomic E-state index is 12.9. The number of hydrogen-bond donors (Lipinski definition) is 2. The van der Waals surface area contributed by atoms with Crippen LogP contribution in [0.1, 0.15) is 32.6 Å². The molecular weight excluding hydrogens is 520 g/mol. The normalized spacial score (nSPS) is 13.1. The molecule has 0 spiro atoms. The molecule has 0 radical (unpaired) electrons. The van der Waals surface area contributed by atoms with Gasteiger partial charge in [0.2, 0.25) is 0 Å². The highest BCUT2D eigenvalue weighted by Gasteiger charge is 2.39. The number of imide groups is 1. The highest BCUT2D eigenvalue weighted by molar-refractivity contribution is 7.17. The van der Waals surface area contributed by atoms with Gasteiger partial charge in [-0.25, -0.2) is 14.7 Å². The van der Waals surface area contributed by atoms with Gasteiger partial charge in [0.1, 0.15) is 21.4 Å². The highest BCUT2D eigenvalue weighted by Crippen LogP contribution is 2.31. The van der Waals surface area contributed by atoms with Crippen LogP contribution in [0.5, 0.6) is 5.75 Å². The number of carbonyl (C=O) groups is 4. The van der Waals surface area contributed by atoms with Gasteiger partial charge < -0.3 is 14.8 Å². The highest BCUT2D eigenvalue weighted by atomic mass is 35.5. The Kier molecular flexibility index (Phi) is 7.55. The van der Waals surface area contributed by atoms with Gasteiger partial charge in [-0.15, -0.1) is 0 Å². The summed E-state index contributed by atoms with van der Waals surface area (Å²) in [4.78, 5) is 55.7. The number of nitrogens with one attached hydrogen (secondary N) is 2. The Morgan fingerprint density at radius 3 is 2.35 bits per heavy atom. The Morgan fingerprint density at radius 1 is 1.05 bits per heavy atom. The molecule has 190 valence electrons. The van der Waals surface area contributed by atoms with Crippen LogP contribution in [-0.4, -0.2) is 42.4 Å². The fraction of sp³-hybridized carbons (Fsp3) is 0.160. The van der Waals surface area contributed by atoms with E-state index in [1.807, 2.05) is 0 Å². The van der Waals surface area contributed by atoms with Crippen molar-refractivity contribution in [3.8, 4) is 5.75 Å². The molecule has 0 aliphatic carbocycles. The predicted octanol–water partition coefficient (Wildman–Crippen LogP) is 4.32. The molecule has 1 aliphatic heterocycles. The quantitative estimate of drug-likeness (QED) is 0.319. The summed E-state index contributed by atoms with van der Waals surface area (Å²) in [7, 11) is 1.51. The van der Waals surface area contributed by atoms with Crippen LogP contribution in [0.4, 0.5) is 16.5 Å². The molecular formula is C25H21ClN4O6S. The largest absolute Gasteiger partial charge is 0.497 e. The molecule has 2 aromatic carbocycles. The number of benzene rings is 2. The number of methoxy groups -OCH3 is 1. The molecule has 2 N–H and O–H groups in total. The third-order valence-corrected chi connectivity index (χ3v) is 6.66. The standard InChI is InChI=1S/C25H21ClN4O6S/c1-4-36-24(34)20-13(2)27-25(37-20)29-21(31)14-5-7-15(8-6-14)28-19-18(26)22(32)30(23(19)33)16-9-11-17(35-3)12-10-16/h5-12,28H,4H2,1-3H3,(H,27,29,31). The number of aryl methyl sites for hydroxylation is 1. The SMILES string of the molecule is CCOC(=O)c1sc(NC(=O)c2ccc(NC3=C(Cl)C(=O)N(c4ccc(OC)cc4)C3=O)cc2)nc1C. The molecule has 4 rings (SSSR count). The number of esters is 1. The molecule has 2 heterocycles. The molecule has 0 atom stereocenters. The number of carbonyl (C=O) groups excluding carboxylic acids is 4. The van der Waals surface area contributed by atoms with Crippen LogP contribution in [0, 0.1) is 6.92 Å². The van der Waals surface area contributed by atoms with Crippen LogP contribution in [0.2, 0.25) is 0 Å². The second kappa shape index (κ2) is 10.8. The molecule has 0 saturated carbocycles. The molecule has 0 bridgehead atoms. The number of rotatable bonds is 8. The van der Waals surface area contributed by atoms with Gasteiger partial charge in [0.15, 0.2) is 5.13 Å². The number of hydrogen-bond acceptors (Lipinski definition) is 9. The van der Waals surface area contributed by atoms with Crippen LogP contribution in [0.3, 0.4) is 0 Å². The molecule has 37 heavy (non-hydrogen) atoms. The lowest BCUT2D eigenvalue weighted by Crippen LogP contribution is -2.32. The number of aromatic nitrogens is 1. The second-order valence-corrected chi connectivity index (χ2v) is 9.02. The average molecular weight is 541 g/mol. The molecule has 3 aromatic rings. The monoisotopic (exact) mass is 540 g/mol. The molecule has 10 nitrogen and oxygen atoms in total. The molecule has 3 amide bonds. The van der Waals surface area contributed by atoms with Gasteiger partial charge in [0, 0.05) is 11.3 Å². The smallest absolute Gasteiger partial charge is 0.350 e. The number of thiazole rings is 1. The average Bonchev–Trinajstić information content (AvgIpc) is 3.36. The van der Waals surface area contributed by atoms with E-state index in [4.69, 9.17) is 21.1 Å². The van der Waals surface area contributed by atoms with E-state index in [1.165, 1.54) is 19.2 Å². The summed E-state index contributed by atoms with van der Waals surface area (Å²) < 4.78 is 10.1. The Labute approximate surface area is 220 Å². The molecule has 1 aliphatic rings. The summed E-state index contributed by atoms with van der Waals surface area (Å²) in [5.41, 5.74) is 1.48. The topological polar surface area (TPSA) is 127 Å². The van der Waals surface area contributed by atoms with E-state index in [0.29, 0.717) is 33.3 Å². The number of anilines is 3. The van der Waals surface area contributed by atoms with Gasteiger partial charge in [0.25, 0.3) is 17.7 Å². The maximum Gasteiger partial charge on any atom is 0.350 e. The van der Waals surface area contributed by atoms with E-state index < -0.39 is 23.7 Å². The molecule has 0 fully saturated rings. The first-order chi connectivity index (χ1) is 17.7. The van der Waals surface area contributed by atoms with Gasteiger partial charge in [-0.05, 0) is 62.4 Å². The van der Waals surface area contributed by atoms with Crippen molar-refractivity contribution < 1.29 is 28.7 Å². The fourth-order valence-electron chi connectivity index (χ4n) is 3.43. The van der Waals surface area contributed by atoms with Crippen LogP contribution in [0.25, 0.3) is 0 Å². The van der Waals surface area contributed by atoms with Gasteiger partial charge in [-0.1, -0.05) is 22.9 Å². The first kappa shape index (κ1) is 25.9. The summed E-state index contributed by atoms with van der Waals surface area (Å²) in [6.45, 7) is 3.60. The van der Waals surface area contributed by atoms with Crippen LogP contribution in [-0.2, 0) is 14.3 Å². The Hall–Kier alpha value is -4.22. The summed E-state index contributed by atoms with van der Waals surface area (Å²) in [6.07, 6.45) is 0. The summed E-state index contributed by atoms with van der Waals surface area (Å²) in [5.74, 6) is -1.62. The first-order valence-corrected chi connectivity index (χ1v) is 12.2. The van der Waals surface area contributed by atoms with E-state index in [0.717, 1.165) is 16.2 Å². The molecule has 1 aromatic heterocycles. The van der Waals surface area contributed by atoms with Crippen LogP contribution < -0.4 is 20.3 Å². The van der Waals surface area contributed by atoms with E-state index in [2.05, 4.69) is 15.6 Å². The van der Waals surface area contributed by atoms with Crippen LogP contribution in [0.15, 0.2) is 59.3 Å². The lowest BCUT2D eigenvalue weighted by Gasteiger charge is -2.15. The lowest BCUT2D eigenvalue weighted by molar-refractivity contribution is -0.120. The fourth-order valence-corrected chi connectivity index (χ4v) is 4.50. The van der Waals surface area contributed by atoms with Crippen molar-refractivity contribution in [3.63, 3.8) is 0 Å². The van der Waals surface area contributed by atoms with Crippen molar-refractivity contribution in [3.05, 3.63) is 75.4 Å². The maximum atomic E-state index is 12.9. The lowest BCUT2D eigenvalue weighted by atomic mass is 10.2. The van der Waals surface area contributed by atoms with Gasteiger partial charge >= 0.3 is 5.97 Å². The number of amides is 3. The van der Waals surface area contributed by atoms with Gasteiger partial charge in [0.05, 0.1) is 25.1 Å². The van der Waals surface area contributed by atoms with E-state index in [9.17, 15) is 19.2 Å². The molecule has 0 saturated heterocycles. The van der Waals surface area contributed by atoms with Crippen molar-refractivity contribution in [2.45, 2.75) is 13.8 Å². The minimum atomic E-state index is -0.656. The third kappa shape index (κ3) is 5.32. The van der Waals surface area contributed by atoms with Crippen LogP contribution >= 0.6 is 22.9 Å². The molecule has 0 unspecified atom stereocenters. The first-order valence-electron chi connectivity index (χ1n) is 11.0. The zero-order valence-electron chi connectivity index (χ0n) is 20.0. The minimum Gasteiger partial charge on any atom is -0.497 e. The molecule has 12 heteroatoms. The Balaban J connectivity index is 1.44. The van der Waals surface area contributed by atoms with E-state index in [1.54, 1.807) is 50.2 Å². The van der Waals surface area contributed by atoms with Crippen molar-refractivity contribution >= 4 is 63.1 Å². The van der Waals surface area contributed by atoms with Crippen molar-refractivity contribution in [1.29, 1.82) is 0 Å². The number of ether oxygens (including phenoxy) is 2. The van der Waals surface area contributed by atoms with E-state index >= 15 is 0 Å². The predicted molar refractivity (Wildman–Crippen MR) is 139 cm³/mol. The summed E-state index contributed by atoms with van der Waals surface area (Å²) in [5, 5.41) is 5.53. The Bertz CT molecular complexity index is 1420.